The minimum Gasteiger partial charge on any atom is -0.388 e. The highest BCUT2D eigenvalue weighted by Gasteiger charge is 2.23. The Hall–Kier alpha value is -1.88. The number of anilines is 1. The molecule has 2 amide bonds. The van der Waals surface area contributed by atoms with Crippen LogP contribution in [0.25, 0.3) is 0 Å². The molecule has 1 aliphatic carbocycles. The molecule has 0 saturated carbocycles. The van der Waals surface area contributed by atoms with Crippen LogP contribution in [0, 0.1) is 5.92 Å². The average Bonchev–Trinajstić information content (AvgIpc) is 2.98. The number of amides is 2. The van der Waals surface area contributed by atoms with Crippen molar-refractivity contribution < 1.29 is 14.7 Å². The lowest BCUT2D eigenvalue weighted by atomic mass is 9.95. The van der Waals surface area contributed by atoms with Gasteiger partial charge in [0.25, 0.3) is 0 Å². The zero-order valence-corrected chi connectivity index (χ0v) is 14.8. The van der Waals surface area contributed by atoms with Gasteiger partial charge in [-0.05, 0) is 68.2 Å². The Bertz CT molecular complexity index is 609. The summed E-state index contributed by atoms with van der Waals surface area (Å²) in [5.41, 5.74) is 2.19. The molecule has 3 N–H and O–H groups in total. The van der Waals surface area contributed by atoms with Crippen LogP contribution < -0.4 is 10.6 Å². The number of rotatable bonds is 6. The Morgan fingerprint density at radius 1 is 1.21 bits per heavy atom. The first-order chi connectivity index (χ1) is 11.3. The summed E-state index contributed by atoms with van der Waals surface area (Å²) in [5.74, 6) is -0.941. The van der Waals surface area contributed by atoms with Crippen LogP contribution in [-0.2, 0) is 22.4 Å². The molecule has 5 heteroatoms. The van der Waals surface area contributed by atoms with Crippen LogP contribution in [0.1, 0.15) is 51.2 Å². The maximum Gasteiger partial charge on any atom is 0.313 e. The van der Waals surface area contributed by atoms with Gasteiger partial charge in [-0.25, -0.2) is 0 Å². The van der Waals surface area contributed by atoms with E-state index in [-0.39, 0.29) is 6.54 Å². The first-order valence-corrected chi connectivity index (χ1v) is 8.70. The maximum absolute atomic E-state index is 12.0. The Morgan fingerprint density at radius 3 is 2.62 bits per heavy atom. The molecule has 0 bridgehead atoms. The molecule has 0 radical (unpaired) electrons. The molecule has 1 aromatic carbocycles. The molecule has 0 aromatic heterocycles. The molecular weight excluding hydrogens is 304 g/mol. The highest BCUT2D eigenvalue weighted by molar-refractivity contribution is 6.39. The first kappa shape index (κ1) is 18.5. The first-order valence-electron chi connectivity index (χ1n) is 8.70. The molecule has 0 heterocycles. The van der Waals surface area contributed by atoms with Crippen LogP contribution in [0.3, 0.4) is 0 Å². The number of benzene rings is 1. The van der Waals surface area contributed by atoms with Crippen molar-refractivity contribution in [3.63, 3.8) is 0 Å². The molecule has 0 aliphatic heterocycles. The van der Waals surface area contributed by atoms with Crippen molar-refractivity contribution in [2.45, 2.75) is 58.5 Å². The van der Waals surface area contributed by atoms with Crippen LogP contribution >= 0.6 is 0 Å². The zero-order chi connectivity index (χ0) is 17.7. The molecular formula is C19H28N2O3. The predicted molar refractivity (Wildman–Crippen MR) is 94.8 cm³/mol. The summed E-state index contributed by atoms with van der Waals surface area (Å²) in [5, 5.41) is 15.4. The highest BCUT2D eigenvalue weighted by Crippen LogP contribution is 2.24. The quantitative estimate of drug-likeness (QED) is 0.700. The Labute approximate surface area is 143 Å². The van der Waals surface area contributed by atoms with Crippen LogP contribution in [0.15, 0.2) is 18.2 Å². The van der Waals surface area contributed by atoms with Crippen molar-refractivity contribution in [3.05, 3.63) is 29.3 Å². The number of aliphatic hydroxyl groups is 1. The van der Waals surface area contributed by atoms with E-state index in [1.807, 2.05) is 18.2 Å². The van der Waals surface area contributed by atoms with E-state index in [1.165, 1.54) is 11.1 Å². The van der Waals surface area contributed by atoms with Gasteiger partial charge in [-0.2, -0.15) is 0 Å². The Kier molecular flexibility index (Phi) is 5.99. The molecule has 1 unspecified atom stereocenters. The molecule has 1 atom stereocenters. The van der Waals surface area contributed by atoms with E-state index in [0.29, 0.717) is 18.0 Å². The van der Waals surface area contributed by atoms with E-state index in [0.717, 1.165) is 25.7 Å². The standard InChI is InChI=1S/C19H28N2O3/c1-13(2)9-10-19(3,24)12-20-17(22)18(23)21-16-8-7-14-5-4-6-15(14)11-16/h7-8,11,13,24H,4-6,9-10,12H2,1-3H3,(H,20,22)(H,21,23). The normalized spacial score (nSPS) is 15.7. The van der Waals surface area contributed by atoms with Gasteiger partial charge in [0.05, 0.1) is 5.60 Å². The molecule has 0 fully saturated rings. The number of fused-ring (bicyclic) bond motifs is 1. The Balaban J connectivity index is 1.83. The van der Waals surface area contributed by atoms with Crippen molar-refractivity contribution >= 4 is 17.5 Å². The summed E-state index contributed by atoms with van der Waals surface area (Å²) in [6.45, 7) is 5.90. The van der Waals surface area contributed by atoms with Crippen LogP contribution in [-0.4, -0.2) is 29.1 Å². The molecule has 132 valence electrons. The van der Waals surface area contributed by atoms with Gasteiger partial charge in [-0.1, -0.05) is 19.9 Å². The molecule has 2 rings (SSSR count). The highest BCUT2D eigenvalue weighted by atomic mass is 16.3. The number of aryl methyl sites for hydroxylation is 2. The van der Waals surface area contributed by atoms with Crippen molar-refractivity contribution in [2.75, 3.05) is 11.9 Å². The fourth-order valence-electron chi connectivity index (χ4n) is 2.88. The van der Waals surface area contributed by atoms with Gasteiger partial charge in [0.2, 0.25) is 0 Å². The van der Waals surface area contributed by atoms with Gasteiger partial charge < -0.3 is 15.7 Å². The predicted octanol–water partition coefficient (Wildman–Crippen LogP) is 2.42. The van der Waals surface area contributed by atoms with Crippen LogP contribution in [0.5, 0.6) is 0 Å². The van der Waals surface area contributed by atoms with Crippen molar-refractivity contribution in [1.82, 2.24) is 5.32 Å². The van der Waals surface area contributed by atoms with E-state index in [9.17, 15) is 14.7 Å². The van der Waals surface area contributed by atoms with Gasteiger partial charge in [0.15, 0.2) is 0 Å². The van der Waals surface area contributed by atoms with Gasteiger partial charge in [0.1, 0.15) is 0 Å². The molecule has 5 nitrogen and oxygen atoms in total. The number of hydrogen-bond donors (Lipinski definition) is 3. The van der Waals surface area contributed by atoms with E-state index >= 15 is 0 Å². The summed E-state index contributed by atoms with van der Waals surface area (Å²) in [6.07, 6.45) is 4.68. The van der Waals surface area contributed by atoms with Crippen molar-refractivity contribution in [3.8, 4) is 0 Å². The minimum atomic E-state index is -1.01. The smallest absolute Gasteiger partial charge is 0.313 e. The number of nitrogens with one attached hydrogen (secondary N) is 2. The third-order valence-corrected chi connectivity index (χ3v) is 4.45. The number of hydrogen-bond acceptors (Lipinski definition) is 3. The van der Waals surface area contributed by atoms with Crippen LogP contribution in [0.2, 0.25) is 0 Å². The van der Waals surface area contributed by atoms with E-state index in [2.05, 4.69) is 24.5 Å². The largest absolute Gasteiger partial charge is 0.388 e. The summed E-state index contributed by atoms with van der Waals surface area (Å²) < 4.78 is 0. The molecule has 24 heavy (non-hydrogen) atoms. The van der Waals surface area contributed by atoms with Gasteiger partial charge in [-0.3, -0.25) is 9.59 Å². The lowest BCUT2D eigenvalue weighted by molar-refractivity contribution is -0.136. The SMILES string of the molecule is CC(C)CCC(C)(O)CNC(=O)C(=O)Nc1ccc2c(c1)CCC2. The molecule has 0 saturated heterocycles. The van der Waals surface area contributed by atoms with Gasteiger partial charge >= 0.3 is 11.8 Å². The number of carbonyl (C=O) groups is 2. The van der Waals surface area contributed by atoms with Crippen molar-refractivity contribution in [1.29, 1.82) is 0 Å². The van der Waals surface area contributed by atoms with Crippen LogP contribution in [0.4, 0.5) is 5.69 Å². The molecule has 1 aliphatic rings. The minimum absolute atomic E-state index is 0.0656. The Morgan fingerprint density at radius 2 is 1.92 bits per heavy atom. The summed E-state index contributed by atoms with van der Waals surface area (Å²) >= 11 is 0. The molecule has 1 aromatic rings. The van der Waals surface area contributed by atoms with E-state index in [1.54, 1.807) is 6.92 Å². The monoisotopic (exact) mass is 332 g/mol. The topological polar surface area (TPSA) is 78.4 Å². The summed E-state index contributed by atoms with van der Waals surface area (Å²) in [6, 6.07) is 5.77. The lowest BCUT2D eigenvalue weighted by Crippen LogP contribution is -2.44. The fraction of sp³-hybridized carbons (Fsp3) is 0.579. The third kappa shape index (κ3) is 5.34. The average molecular weight is 332 g/mol. The number of carbonyl (C=O) groups excluding carboxylic acids is 2. The second kappa shape index (κ2) is 7.79. The van der Waals surface area contributed by atoms with Gasteiger partial charge in [0, 0.05) is 12.2 Å². The third-order valence-electron chi connectivity index (χ3n) is 4.45. The lowest BCUT2D eigenvalue weighted by Gasteiger charge is -2.24. The second-order valence-electron chi connectivity index (χ2n) is 7.40. The summed E-state index contributed by atoms with van der Waals surface area (Å²) in [7, 11) is 0. The van der Waals surface area contributed by atoms with E-state index < -0.39 is 17.4 Å². The van der Waals surface area contributed by atoms with Crippen molar-refractivity contribution in [2.24, 2.45) is 5.92 Å². The van der Waals surface area contributed by atoms with Gasteiger partial charge in [-0.15, -0.1) is 0 Å². The fourth-order valence-corrected chi connectivity index (χ4v) is 2.88. The van der Waals surface area contributed by atoms with E-state index in [4.69, 9.17) is 0 Å². The molecule has 0 spiro atoms. The second-order valence-corrected chi connectivity index (χ2v) is 7.40. The maximum atomic E-state index is 12.0. The zero-order valence-electron chi connectivity index (χ0n) is 14.8. The summed E-state index contributed by atoms with van der Waals surface area (Å²) in [4.78, 5) is 23.9.